The van der Waals surface area contributed by atoms with E-state index in [1.54, 1.807) is 12.3 Å². The lowest BCUT2D eigenvalue weighted by atomic mass is 9.87. The van der Waals surface area contributed by atoms with Crippen molar-refractivity contribution in [2.45, 2.75) is 31.7 Å². The number of anilines is 2. The van der Waals surface area contributed by atoms with E-state index >= 15 is 0 Å². The number of aliphatic imine (C=N–C) groups is 1. The van der Waals surface area contributed by atoms with Crippen LogP contribution in [-0.2, 0) is 4.74 Å². The van der Waals surface area contributed by atoms with Crippen molar-refractivity contribution in [2.24, 2.45) is 10.9 Å². The molecule has 120 valence electrons. The zero-order chi connectivity index (χ0) is 16.1. The molecule has 0 heterocycles. The van der Waals surface area contributed by atoms with E-state index in [0.717, 1.165) is 25.7 Å². The maximum atomic E-state index is 11.6. The quantitative estimate of drug-likeness (QED) is 0.444. The number of aliphatic hydroxyl groups excluding tert-OH is 1. The summed E-state index contributed by atoms with van der Waals surface area (Å²) in [5.41, 5.74) is 13.6. The molecule has 0 bridgehead atoms. The summed E-state index contributed by atoms with van der Waals surface area (Å²) in [6, 6.07) is 3.42. The van der Waals surface area contributed by atoms with Gasteiger partial charge in [0.15, 0.2) is 0 Å². The molecule has 1 aliphatic rings. The molecule has 0 amide bonds. The third-order valence-electron chi connectivity index (χ3n) is 4.16. The Hall–Kier alpha value is -2.08. The van der Waals surface area contributed by atoms with Crippen molar-refractivity contribution in [2.75, 3.05) is 25.2 Å². The molecule has 1 aromatic rings. The first-order valence-electron chi connectivity index (χ1n) is 7.46. The number of carbonyl (C=O) groups is 1. The standard InChI is InChI=1S/C16H23N3O3/c1-22-16(21)13-7-14(17)11(6-15(13)18)8-19-12-4-2-10(9-20)3-5-12/h6-8,10,12,20H,2-5,9,17-18H2,1H3. The molecule has 0 aliphatic heterocycles. The number of nitrogens with two attached hydrogens (primary N) is 2. The monoisotopic (exact) mass is 305 g/mol. The fourth-order valence-corrected chi connectivity index (χ4v) is 2.71. The van der Waals surface area contributed by atoms with Crippen molar-refractivity contribution in [3.63, 3.8) is 0 Å². The van der Waals surface area contributed by atoms with Crippen LogP contribution < -0.4 is 11.5 Å². The van der Waals surface area contributed by atoms with Crippen LogP contribution in [-0.4, -0.2) is 37.0 Å². The summed E-state index contributed by atoms with van der Waals surface area (Å²) >= 11 is 0. The lowest BCUT2D eigenvalue weighted by Gasteiger charge is -2.24. The van der Waals surface area contributed by atoms with Gasteiger partial charge in [0.05, 0.1) is 12.7 Å². The number of nitrogen functional groups attached to an aromatic ring is 2. The van der Waals surface area contributed by atoms with Crippen LogP contribution in [0.1, 0.15) is 41.6 Å². The molecular formula is C16H23N3O3. The number of nitrogens with zero attached hydrogens (tertiary/aromatic N) is 1. The number of benzene rings is 1. The van der Waals surface area contributed by atoms with E-state index in [4.69, 9.17) is 16.6 Å². The van der Waals surface area contributed by atoms with Crippen LogP contribution in [0.2, 0.25) is 0 Å². The van der Waals surface area contributed by atoms with Crippen LogP contribution in [0.5, 0.6) is 0 Å². The van der Waals surface area contributed by atoms with Gasteiger partial charge in [0, 0.05) is 35.8 Å². The molecule has 6 nitrogen and oxygen atoms in total. The number of carbonyl (C=O) groups excluding carboxylic acids is 1. The Morgan fingerprint density at radius 3 is 2.59 bits per heavy atom. The Balaban J connectivity index is 2.08. The molecule has 1 fully saturated rings. The molecule has 0 spiro atoms. The predicted molar refractivity (Wildman–Crippen MR) is 87.0 cm³/mol. The van der Waals surface area contributed by atoms with E-state index < -0.39 is 5.97 Å². The average Bonchev–Trinajstić information content (AvgIpc) is 2.55. The van der Waals surface area contributed by atoms with Crippen molar-refractivity contribution < 1.29 is 14.6 Å². The van der Waals surface area contributed by atoms with Gasteiger partial charge < -0.3 is 21.3 Å². The number of methoxy groups -OCH3 is 1. The minimum atomic E-state index is -0.505. The highest BCUT2D eigenvalue weighted by Crippen LogP contribution is 2.26. The van der Waals surface area contributed by atoms with Crippen LogP contribution >= 0.6 is 0 Å². The lowest BCUT2D eigenvalue weighted by molar-refractivity contribution is 0.0602. The summed E-state index contributed by atoms with van der Waals surface area (Å²) in [5.74, 6) is -0.0958. The summed E-state index contributed by atoms with van der Waals surface area (Å²) in [5, 5.41) is 9.14. The van der Waals surface area contributed by atoms with Gasteiger partial charge in [0.25, 0.3) is 0 Å². The maximum absolute atomic E-state index is 11.6. The lowest BCUT2D eigenvalue weighted by Crippen LogP contribution is -2.19. The SMILES string of the molecule is COC(=O)c1cc(N)c(C=NC2CCC(CO)CC2)cc1N. The zero-order valence-electron chi connectivity index (χ0n) is 12.8. The van der Waals surface area contributed by atoms with Gasteiger partial charge in [-0.15, -0.1) is 0 Å². The van der Waals surface area contributed by atoms with Crippen LogP contribution in [0, 0.1) is 5.92 Å². The molecule has 1 aromatic carbocycles. The van der Waals surface area contributed by atoms with Crippen LogP contribution in [0.3, 0.4) is 0 Å². The summed E-state index contributed by atoms with van der Waals surface area (Å²) in [4.78, 5) is 16.1. The molecule has 5 N–H and O–H groups in total. The zero-order valence-corrected chi connectivity index (χ0v) is 12.8. The molecule has 0 radical (unpaired) electrons. The first-order valence-corrected chi connectivity index (χ1v) is 7.46. The highest BCUT2D eigenvalue weighted by atomic mass is 16.5. The first-order chi connectivity index (χ1) is 10.5. The Morgan fingerprint density at radius 1 is 1.32 bits per heavy atom. The number of esters is 1. The summed E-state index contributed by atoms with van der Waals surface area (Å²) in [6.45, 7) is 0.259. The Kier molecular flexibility index (Phi) is 5.38. The van der Waals surface area contributed by atoms with Crippen molar-refractivity contribution in [1.82, 2.24) is 0 Å². The minimum absolute atomic E-state index is 0.253. The number of rotatable bonds is 4. The minimum Gasteiger partial charge on any atom is -0.465 e. The summed E-state index contributed by atoms with van der Waals surface area (Å²) < 4.78 is 4.66. The van der Waals surface area contributed by atoms with Gasteiger partial charge in [-0.2, -0.15) is 0 Å². The average molecular weight is 305 g/mol. The van der Waals surface area contributed by atoms with Crippen molar-refractivity contribution in [3.8, 4) is 0 Å². The predicted octanol–water partition coefficient (Wildman–Crippen LogP) is 1.61. The fraction of sp³-hybridized carbons (Fsp3) is 0.500. The van der Waals surface area contributed by atoms with Crippen molar-refractivity contribution in [3.05, 3.63) is 23.3 Å². The summed E-state index contributed by atoms with van der Waals surface area (Å²) in [6.07, 6.45) is 5.65. The highest BCUT2D eigenvalue weighted by Gasteiger charge is 2.19. The number of ether oxygens (including phenoxy) is 1. The molecule has 6 heteroatoms. The maximum Gasteiger partial charge on any atom is 0.340 e. The van der Waals surface area contributed by atoms with Crippen LogP contribution in [0.15, 0.2) is 17.1 Å². The largest absolute Gasteiger partial charge is 0.465 e. The molecule has 0 unspecified atom stereocenters. The van der Waals surface area contributed by atoms with Gasteiger partial charge in [0.1, 0.15) is 0 Å². The van der Waals surface area contributed by atoms with Gasteiger partial charge in [-0.3, -0.25) is 4.99 Å². The third kappa shape index (κ3) is 3.76. The highest BCUT2D eigenvalue weighted by molar-refractivity contribution is 5.99. The van der Waals surface area contributed by atoms with Gasteiger partial charge in [-0.1, -0.05) is 0 Å². The van der Waals surface area contributed by atoms with Crippen LogP contribution in [0.25, 0.3) is 0 Å². The molecule has 0 aromatic heterocycles. The molecule has 22 heavy (non-hydrogen) atoms. The second-order valence-corrected chi connectivity index (χ2v) is 5.70. The first kappa shape index (κ1) is 16.3. The molecule has 2 rings (SSSR count). The number of hydrogen-bond acceptors (Lipinski definition) is 6. The van der Waals surface area contributed by atoms with Crippen LogP contribution in [0.4, 0.5) is 11.4 Å². The Morgan fingerprint density at radius 2 is 2.00 bits per heavy atom. The van der Waals surface area contributed by atoms with E-state index in [-0.39, 0.29) is 18.2 Å². The van der Waals surface area contributed by atoms with Gasteiger partial charge in [-0.25, -0.2) is 4.79 Å². The summed E-state index contributed by atoms with van der Waals surface area (Å²) in [7, 11) is 1.30. The normalized spacial score (nSPS) is 21.9. The second-order valence-electron chi connectivity index (χ2n) is 5.70. The van der Waals surface area contributed by atoms with Crippen molar-refractivity contribution >= 4 is 23.6 Å². The van der Waals surface area contributed by atoms with Gasteiger partial charge in [0.2, 0.25) is 0 Å². The topological polar surface area (TPSA) is 111 Å². The fourth-order valence-electron chi connectivity index (χ4n) is 2.71. The van der Waals surface area contributed by atoms with E-state index in [0.29, 0.717) is 22.9 Å². The Labute approximate surface area is 130 Å². The van der Waals surface area contributed by atoms with E-state index in [1.165, 1.54) is 13.2 Å². The van der Waals surface area contributed by atoms with E-state index in [9.17, 15) is 4.79 Å². The van der Waals surface area contributed by atoms with E-state index in [2.05, 4.69) is 9.73 Å². The smallest absolute Gasteiger partial charge is 0.340 e. The second kappa shape index (κ2) is 7.26. The molecule has 1 aliphatic carbocycles. The third-order valence-corrected chi connectivity index (χ3v) is 4.16. The molecule has 1 saturated carbocycles. The molecule has 0 saturated heterocycles. The van der Waals surface area contributed by atoms with E-state index in [1.807, 2.05) is 0 Å². The number of aliphatic hydroxyl groups is 1. The molecule has 0 atom stereocenters. The molecular weight excluding hydrogens is 282 g/mol. The Bertz CT molecular complexity index is 564. The van der Waals surface area contributed by atoms with Crippen molar-refractivity contribution in [1.29, 1.82) is 0 Å². The van der Waals surface area contributed by atoms with Gasteiger partial charge in [-0.05, 0) is 43.7 Å². The number of hydrogen-bond donors (Lipinski definition) is 3. The van der Waals surface area contributed by atoms with Gasteiger partial charge >= 0.3 is 5.97 Å².